The molecule has 0 radical (unpaired) electrons. The van der Waals surface area contributed by atoms with Gasteiger partial charge in [-0.2, -0.15) is 0 Å². The lowest BCUT2D eigenvalue weighted by atomic mass is 9.98. The molecule has 0 aliphatic rings. The smallest absolute Gasteiger partial charge is 0.160 e. The topological polar surface area (TPSA) is 40.5 Å². The molecule has 0 amide bonds. The lowest BCUT2D eigenvalue weighted by molar-refractivity contribution is 0.0166. The molecule has 0 saturated carbocycles. The van der Waals surface area contributed by atoms with Crippen molar-refractivity contribution in [2.24, 2.45) is 0 Å². The first-order chi connectivity index (χ1) is 6.20. The minimum Gasteiger partial charge on any atom is -0.393 e. The molecule has 0 unspecified atom stereocenters. The molecule has 0 bridgehead atoms. The van der Waals surface area contributed by atoms with E-state index in [-0.39, 0.29) is 6.42 Å². The molecule has 0 spiro atoms. The van der Waals surface area contributed by atoms with E-state index in [2.05, 4.69) is 0 Å². The number of aliphatic hydroxyl groups is 2. The first-order valence-electron chi connectivity index (χ1n) is 4.15. The minimum absolute atomic E-state index is 0.0425. The van der Waals surface area contributed by atoms with E-state index in [9.17, 15) is 4.39 Å². The van der Waals surface area contributed by atoms with Gasteiger partial charge in [-0.15, -0.1) is 0 Å². The molecule has 1 rings (SSSR count). The first-order valence-corrected chi connectivity index (χ1v) is 4.15. The predicted molar refractivity (Wildman–Crippen MR) is 48.2 cm³/mol. The third-order valence-electron chi connectivity index (χ3n) is 1.93. The second-order valence-electron chi connectivity index (χ2n) is 3.13. The Morgan fingerprint density at radius 3 is 2.08 bits per heavy atom. The van der Waals surface area contributed by atoms with Gasteiger partial charge in [0, 0.05) is 6.42 Å². The molecule has 2 nitrogen and oxygen atoms in total. The van der Waals surface area contributed by atoms with Crippen LogP contribution >= 0.6 is 0 Å². The van der Waals surface area contributed by atoms with Gasteiger partial charge in [0.2, 0.25) is 0 Å². The van der Waals surface area contributed by atoms with Crippen molar-refractivity contribution in [2.75, 3.05) is 13.2 Å². The maximum atomic E-state index is 13.4. The van der Waals surface area contributed by atoms with Crippen LogP contribution in [0.1, 0.15) is 5.56 Å². The van der Waals surface area contributed by atoms with Crippen LogP contribution in [0.4, 0.5) is 4.39 Å². The highest BCUT2D eigenvalue weighted by Gasteiger charge is 2.27. The maximum absolute atomic E-state index is 13.4. The molecule has 0 aliphatic carbocycles. The normalized spacial score (nSPS) is 11.6. The van der Waals surface area contributed by atoms with Crippen LogP contribution in [0.3, 0.4) is 0 Å². The van der Waals surface area contributed by atoms with E-state index < -0.39 is 18.9 Å². The summed E-state index contributed by atoms with van der Waals surface area (Å²) in [4.78, 5) is 0. The SMILES string of the molecule is OCC(F)(CO)Cc1ccccc1. The first kappa shape index (κ1) is 10.2. The van der Waals surface area contributed by atoms with E-state index in [1.165, 1.54) is 0 Å². The summed E-state index contributed by atoms with van der Waals surface area (Å²) in [7, 11) is 0. The fourth-order valence-corrected chi connectivity index (χ4v) is 1.12. The van der Waals surface area contributed by atoms with Crippen LogP contribution in [0.25, 0.3) is 0 Å². The Morgan fingerprint density at radius 2 is 1.62 bits per heavy atom. The zero-order valence-corrected chi connectivity index (χ0v) is 7.28. The van der Waals surface area contributed by atoms with Gasteiger partial charge >= 0.3 is 0 Å². The van der Waals surface area contributed by atoms with Crippen LogP contribution in [0.15, 0.2) is 30.3 Å². The highest BCUT2D eigenvalue weighted by atomic mass is 19.1. The Labute approximate surface area is 76.6 Å². The van der Waals surface area contributed by atoms with Crippen molar-refractivity contribution in [1.29, 1.82) is 0 Å². The average molecular weight is 184 g/mol. The fraction of sp³-hybridized carbons (Fsp3) is 0.400. The summed E-state index contributed by atoms with van der Waals surface area (Å²) in [5.74, 6) is 0. The van der Waals surface area contributed by atoms with Crippen molar-refractivity contribution in [3.8, 4) is 0 Å². The number of hydrogen-bond acceptors (Lipinski definition) is 2. The summed E-state index contributed by atoms with van der Waals surface area (Å²) in [5.41, 5.74) is -1.13. The van der Waals surface area contributed by atoms with E-state index in [0.29, 0.717) is 0 Å². The molecule has 0 saturated heterocycles. The molecule has 13 heavy (non-hydrogen) atoms. The molecule has 3 heteroatoms. The Kier molecular flexibility index (Phi) is 3.39. The average Bonchev–Trinajstić information content (AvgIpc) is 2.19. The largest absolute Gasteiger partial charge is 0.393 e. The van der Waals surface area contributed by atoms with Crippen molar-refractivity contribution in [3.63, 3.8) is 0 Å². The lowest BCUT2D eigenvalue weighted by Gasteiger charge is -2.19. The molecular weight excluding hydrogens is 171 g/mol. The molecule has 1 aromatic carbocycles. The van der Waals surface area contributed by atoms with Crippen LogP contribution in [0.2, 0.25) is 0 Å². The van der Waals surface area contributed by atoms with Gasteiger partial charge in [-0.3, -0.25) is 0 Å². The lowest BCUT2D eigenvalue weighted by Crippen LogP contribution is -2.34. The molecular formula is C10H13FO2. The second kappa shape index (κ2) is 4.35. The number of halogens is 1. The number of rotatable bonds is 4. The zero-order valence-electron chi connectivity index (χ0n) is 7.28. The van der Waals surface area contributed by atoms with Crippen molar-refractivity contribution in [2.45, 2.75) is 12.1 Å². The van der Waals surface area contributed by atoms with Crippen molar-refractivity contribution in [3.05, 3.63) is 35.9 Å². The highest BCUT2D eigenvalue weighted by Crippen LogP contribution is 2.16. The van der Waals surface area contributed by atoms with Gasteiger partial charge in [0.1, 0.15) is 0 Å². The molecule has 2 N–H and O–H groups in total. The van der Waals surface area contributed by atoms with Gasteiger partial charge in [0.25, 0.3) is 0 Å². The maximum Gasteiger partial charge on any atom is 0.160 e. The molecule has 0 atom stereocenters. The Morgan fingerprint density at radius 1 is 1.08 bits per heavy atom. The van der Waals surface area contributed by atoms with E-state index in [0.717, 1.165) is 5.56 Å². The van der Waals surface area contributed by atoms with Crippen LogP contribution in [-0.2, 0) is 6.42 Å². The number of aliphatic hydroxyl groups excluding tert-OH is 2. The van der Waals surface area contributed by atoms with Gasteiger partial charge in [-0.05, 0) is 5.56 Å². The van der Waals surface area contributed by atoms with Crippen LogP contribution < -0.4 is 0 Å². The van der Waals surface area contributed by atoms with Crippen molar-refractivity contribution >= 4 is 0 Å². The van der Waals surface area contributed by atoms with Gasteiger partial charge < -0.3 is 10.2 Å². The van der Waals surface area contributed by atoms with Crippen LogP contribution in [-0.4, -0.2) is 29.1 Å². The number of benzene rings is 1. The molecule has 1 aromatic rings. The highest BCUT2D eigenvalue weighted by molar-refractivity contribution is 5.17. The minimum atomic E-state index is -1.90. The quantitative estimate of drug-likeness (QED) is 0.730. The van der Waals surface area contributed by atoms with E-state index in [1.54, 1.807) is 24.3 Å². The van der Waals surface area contributed by atoms with Gasteiger partial charge in [0.15, 0.2) is 5.67 Å². The van der Waals surface area contributed by atoms with E-state index in [1.807, 2.05) is 6.07 Å². The van der Waals surface area contributed by atoms with Crippen LogP contribution in [0.5, 0.6) is 0 Å². The fourth-order valence-electron chi connectivity index (χ4n) is 1.12. The summed E-state index contributed by atoms with van der Waals surface area (Å²) in [5, 5.41) is 17.4. The summed E-state index contributed by atoms with van der Waals surface area (Å²) in [6.07, 6.45) is 0.0425. The third kappa shape index (κ3) is 2.79. The molecule has 0 fully saturated rings. The summed E-state index contributed by atoms with van der Waals surface area (Å²) >= 11 is 0. The van der Waals surface area contributed by atoms with Crippen LogP contribution in [0, 0.1) is 0 Å². The summed E-state index contributed by atoms with van der Waals surface area (Å²) < 4.78 is 13.4. The van der Waals surface area contributed by atoms with E-state index in [4.69, 9.17) is 10.2 Å². The summed E-state index contributed by atoms with van der Waals surface area (Å²) in [6, 6.07) is 8.95. The summed E-state index contributed by atoms with van der Waals surface area (Å²) in [6.45, 7) is -1.31. The Balaban J connectivity index is 2.68. The molecule has 0 aliphatic heterocycles. The number of hydrogen-bond donors (Lipinski definition) is 2. The van der Waals surface area contributed by atoms with Crippen molar-refractivity contribution in [1.82, 2.24) is 0 Å². The third-order valence-corrected chi connectivity index (χ3v) is 1.93. The Hall–Kier alpha value is -0.930. The molecule has 0 aromatic heterocycles. The molecule has 0 heterocycles. The van der Waals surface area contributed by atoms with E-state index >= 15 is 0 Å². The van der Waals surface area contributed by atoms with Gasteiger partial charge in [0.05, 0.1) is 13.2 Å². The second-order valence-corrected chi connectivity index (χ2v) is 3.13. The van der Waals surface area contributed by atoms with Crippen molar-refractivity contribution < 1.29 is 14.6 Å². The predicted octanol–water partition coefficient (Wildman–Crippen LogP) is 0.922. The molecule has 72 valence electrons. The standard InChI is InChI=1S/C10H13FO2/c11-10(7-12,8-13)6-9-4-2-1-3-5-9/h1-5,12-13H,6-8H2. The monoisotopic (exact) mass is 184 g/mol. The Bertz CT molecular complexity index is 244. The number of alkyl halides is 1. The van der Waals surface area contributed by atoms with Gasteiger partial charge in [-0.1, -0.05) is 30.3 Å². The zero-order chi connectivity index (χ0) is 9.73. The van der Waals surface area contributed by atoms with Gasteiger partial charge in [-0.25, -0.2) is 4.39 Å².